The Hall–Kier alpha value is -2.30. The molecule has 30 heavy (non-hydrogen) atoms. The van der Waals surface area contributed by atoms with Crippen molar-refractivity contribution in [2.24, 2.45) is 11.7 Å². The van der Waals surface area contributed by atoms with Crippen LogP contribution in [0.2, 0.25) is 0 Å². The summed E-state index contributed by atoms with van der Waals surface area (Å²) < 4.78 is 14.5. The standard InChI is InChI=1S/C20H21BrN6O2S/c21-13-4-2-1-3-12(13)19-28-9-15(29-19)30-20-25-16-17(23)24-10-27(18(16)26-20)8-7-14(22)11-5-6-11/h1-4,9-11,14,19H,5-8,22-23H2. The second kappa shape index (κ2) is 8.09. The van der Waals surface area contributed by atoms with Gasteiger partial charge < -0.3 is 25.5 Å². The maximum atomic E-state index is 6.25. The molecule has 0 bridgehead atoms. The third kappa shape index (κ3) is 3.99. The Labute approximate surface area is 186 Å². The van der Waals surface area contributed by atoms with Gasteiger partial charge in [-0.25, -0.2) is 15.0 Å². The van der Waals surface area contributed by atoms with Gasteiger partial charge in [0.15, 0.2) is 22.5 Å². The second-order valence-electron chi connectivity index (χ2n) is 7.44. The van der Waals surface area contributed by atoms with Gasteiger partial charge in [0.1, 0.15) is 6.26 Å². The molecule has 1 aromatic carbocycles. The number of nitrogen functional groups attached to an aromatic ring is 1. The molecule has 1 aliphatic carbocycles. The van der Waals surface area contributed by atoms with Crippen molar-refractivity contribution >= 4 is 33.5 Å². The minimum Gasteiger partial charge on any atom is -0.454 e. The molecule has 2 atom stereocenters. The van der Waals surface area contributed by atoms with Crippen LogP contribution in [-0.2, 0) is 16.0 Å². The molecule has 1 saturated carbocycles. The minimum absolute atomic E-state index is 0.213. The number of nitrogens with two attached hydrogens (primary N) is 2. The molecular formula is C20H21BrN6O2S. The summed E-state index contributed by atoms with van der Waals surface area (Å²) >= 11 is 4.82. The van der Waals surface area contributed by atoms with Crippen molar-refractivity contribution in [1.82, 2.24) is 19.5 Å². The summed E-state index contributed by atoms with van der Waals surface area (Å²) in [5, 5.41) is 1.12. The first-order valence-electron chi connectivity index (χ1n) is 9.77. The number of hydrogen-bond acceptors (Lipinski definition) is 8. The van der Waals surface area contributed by atoms with Crippen LogP contribution in [0.4, 0.5) is 5.82 Å². The number of aromatic nitrogens is 4. The van der Waals surface area contributed by atoms with Crippen LogP contribution in [-0.4, -0.2) is 25.6 Å². The van der Waals surface area contributed by atoms with Gasteiger partial charge in [-0.2, -0.15) is 0 Å². The quantitative estimate of drug-likeness (QED) is 0.514. The van der Waals surface area contributed by atoms with Gasteiger partial charge >= 0.3 is 0 Å². The van der Waals surface area contributed by atoms with Crippen LogP contribution in [0.5, 0.6) is 0 Å². The highest BCUT2D eigenvalue weighted by Gasteiger charge is 2.29. The third-order valence-corrected chi connectivity index (χ3v) is 6.75. The first-order valence-corrected chi connectivity index (χ1v) is 11.4. The molecule has 156 valence electrons. The topological polar surface area (TPSA) is 114 Å². The summed E-state index contributed by atoms with van der Waals surface area (Å²) in [6.07, 6.45) is 6.12. The number of anilines is 1. The van der Waals surface area contributed by atoms with E-state index in [0.29, 0.717) is 33.5 Å². The number of imidazole rings is 1. The molecule has 0 aromatic heterocycles. The lowest BCUT2D eigenvalue weighted by atomic mass is 10.1. The monoisotopic (exact) mass is 488 g/mol. The van der Waals surface area contributed by atoms with E-state index >= 15 is 0 Å². The molecule has 5 rings (SSSR count). The molecule has 4 N–H and O–H groups in total. The fourth-order valence-electron chi connectivity index (χ4n) is 3.41. The molecule has 1 aromatic rings. The van der Waals surface area contributed by atoms with Crippen molar-refractivity contribution in [1.29, 1.82) is 0 Å². The average Bonchev–Trinajstić information content (AvgIpc) is 3.35. The molecule has 2 unspecified atom stereocenters. The van der Waals surface area contributed by atoms with Gasteiger partial charge in [0, 0.05) is 22.6 Å². The SMILES string of the molecule is Nc1ncn(CCC(N)C2CC2)c2nc(SC3=COC(c4ccccc4Br)O3)nc1-2. The van der Waals surface area contributed by atoms with Crippen LogP contribution in [0.15, 0.2) is 51.6 Å². The first kappa shape index (κ1) is 19.7. The Bertz CT molecular complexity index is 1070. The number of thioether (sulfide) groups is 1. The van der Waals surface area contributed by atoms with Crippen LogP contribution in [0, 0.1) is 5.92 Å². The molecule has 8 nitrogen and oxygen atoms in total. The van der Waals surface area contributed by atoms with Crippen LogP contribution in [0.25, 0.3) is 11.5 Å². The predicted molar refractivity (Wildman–Crippen MR) is 117 cm³/mol. The molecule has 1 fully saturated rings. The smallest absolute Gasteiger partial charge is 0.268 e. The molecule has 3 aliphatic heterocycles. The van der Waals surface area contributed by atoms with E-state index in [0.717, 1.165) is 23.0 Å². The lowest BCUT2D eigenvalue weighted by Crippen LogP contribution is -2.24. The Kier molecular flexibility index (Phi) is 5.30. The highest BCUT2D eigenvalue weighted by Crippen LogP contribution is 2.40. The number of benzene rings is 1. The summed E-state index contributed by atoms with van der Waals surface area (Å²) in [6, 6.07) is 7.99. The average molecular weight is 489 g/mol. The highest BCUT2D eigenvalue weighted by atomic mass is 79.9. The van der Waals surface area contributed by atoms with Crippen LogP contribution in [0.3, 0.4) is 0 Å². The van der Waals surface area contributed by atoms with Gasteiger partial charge in [-0.15, -0.1) is 0 Å². The largest absolute Gasteiger partial charge is 0.454 e. The molecule has 0 saturated heterocycles. The van der Waals surface area contributed by atoms with Gasteiger partial charge in [0.25, 0.3) is 6.29 Å². The maximum Gasteiger partial charge on any atom is 0.268 e. The summed E-state index contributed by atoms with van der Waals surface area (Å²) in [7, 11) is 0. The van der Waals surface area contributed by atoms with Gasteiger partial charge in [0.2, 0.25) is 5.09 Å². The lowest BCUT2D eigenvalue weighted by molar-refractivity contribution is -0.0278. The molecule has 4 aliphatic rings. The van der Waals surface area contributed by atoms with E-state index in [2.05, 4.69) is 30.9 Å². The maximum absolute atomic E-state index is 6.25. The molecule has 3 heterocycles. The van der Waals surface area contributed by atoms with Crippen molar-refractivity contribution < 1.29 is 9.47 Å². The fraction of sp³-hybridized carbons (Fsp3) is 0.350. The first-order chi connectivity index (χ1) is 14.6. The summed E-state index contributed by atoms with van der Waals surface area (Å²) in [4.78, 5) is 13.5. The lowest BCUT2D eigenvalue weighted by Gasteiger charge is -2.14. The summed E-state index contributed by atoms with van der Waals surface area (Å²) in [5.74, 6) is 1.72. The number of rotatable bonds is 7. The van der Waals surface area contributed by atoms with E-state index < -0.39 is 6.29 Å². The zero-order valence-electron chi connectivity index (χ0n) is 16.1. The highest BCUT2D eigenvalue weighted by molar-refractivity contribution is 9.10. The van der Waals surface area contributed by atoms with Gasteiger partial charge in [-0.1, -0.05) is 34.1 Å². The Balaban J connectivity index is 1.30. The zero-order valence-corrected chi connectivity index (χ0v) is 18.5. The van der Waals surface area contributed by atoms with Crippen LogP contribution >= 0.6 is 27.7 Å². The number of hydrogen-bond donors (Lipinski definition) is 2. The van der Waals surface area contributed by atoms with Crippen molar-refractivity contribution in [3.05, 3.63) is 52.0 Å². The van der Waals surface area contributed by atoms with Crippen molar-refractivity contribution in [3.8, 4) is 11.5 Å². The summed E-state index contributed by atoms with van der Waals surface area (Å²) in [5.41, 5.74) is 13.8. The molecule has 10 heteroatoms. The van der Waals surface area contributed by atoms with Gasteiger partial charge in [-0.3, -0.25) is 0 Å². The predicted octanol–water partition coefficient (Wildman–Crippen LogP) is 3.89. The van der Waals surface area contributed by atoms with Crippen LogP contribution < -0.4 is 11.5 Å². The summed E-state index contributed by atoms with van der Waals surface area (Å²) in [6.45, 7) is 0.733. The Morgan fingerprint density at radius 2 is 2.10 bits per heavy atom. The zero-order chi connectivity index (χ0) is 20.7. The molecule has 0 amide bonds. The van der Waals surface area contributed by atoms with Crippen molar-refractivity contribution in [2.75, 3.05) is 5.73 Å². The number of halogens is 1. The van der Waals surface area contributed by atoms with Crippen molar-refractivity contribution in [2.45, 2.75) is 43.3 Å². The molecular weight excluding hydrogens is 468 g/mol. The minimum atomic E-state index is -0.506. The van der Waals surface area contributed by atoms with E-state index in [1.165, 1.54) is 24.6 Å². The van der Waals surface area contributed by atoms with E-state index in [1.807, 2.05) is 28.8 Å². The van der Waals surface area contributed by atoms with Gasteiger partial charge in [0.05, 0.1) is 6.33 Å². The number of nitrogens with zero attached hydrogens (tertiary/aromatic N) is 4. The van der Waals surface area contributed by atoms with Crippen LogP contribution in [0.1, 0.15) is 31.1 Å². The van der Waals surface area contributed by atoms with E-state index in [-0.39, 0.29) is 6.04 Å². The Morgan fingerprint density at radius 3 is 2.90 bits per heavy atom. The normalized spacial score (nSPS) is 19.4. The van der Waals surface area contributed by atoms with E-state index in [9.17, 15) is 0 Å². The van der Waals surface area contributed by atoms with E-state index in [1.54, 1.807) is 12.6 Å². The van der Waals surface area contributed by atoms with E-state index in [4.69, 9.17) is 20.9 Å². The number of aryl methyl sites for hydroxylation is 1. The Morgan fingerprint density at radius 1 is 1.27 bits per heavy atom. The fourth-order valence-corrected chi connectivity index (χ4v) is 4.57. The third-order valence-electron chi connectivity index (χ3n) is 5.26. The number of fused-ring (bicyclic) bond motifs is 1. The molecule has 0 radical (unpaired) electrons. The molecule has 0 spiro atoms. The second-order valence-corrected chi connectivity index (χ2v) is 9.26. The number of ether oxygens (including phenoxy) is 2. The van der Waals surface area contributed by atoms with Gasteiger partial charge in [-0.05, 0) is 43.0 Å². The van der Waals surface area contributed by atoms with Crippen molar-refractivity contribution in [3.63, 3.8) is 0 Å².